The van der Waals surface area contributed by atoms with E-state index in [1.807, 2.05) is 12.2 Å². The molecule has 1 atom stereocenters. The molecule has 3 heteroatoms. The Balaban J connectivity index is 1.14. The van der Waals surface area contributed by atoms with Crippen LogP contribution >= 0.6 is 0 Å². The van der Waals surface area contributed by atoms with Gasteiger partial charge in [0.25, 0.3) is 0 Å². The summed E-state index contributed by atoms with van der Waals surface area (Å²) in [5, 5.41) is 5.50. The highest BCUT2D eigenvalue weighted by molar-refractivity contribution is 6.17. The maximum Gasteiger partial charge on any atom is 0.159 e. The van der Waals surface area contributed by atoms with Crippen LogP contribution in [0.15, 0.2) is 166 Å². The molecular formula is C46H29NO2. The van der Waals surface area contributed by atoms with Crippen LogP contribution in [-0.4, -0.2) is 0 Å². The Kier molecular flexibility index (Phi) is 6.22. The Morgan fingerprint density at radius 2 is 1.41 bits per heavy atom. The summed E-state index contributed by atoms with van der Waals surface area (Å²) in [6, 6.07) is 45.2. The van der Waals surface area contributed by atoms with Crippen LogP contribution in [0.1, 0.15) is 34.8 Å². The minimum atomic E-state index is 0.366. The molecule has 0 bridgehead atoms. The molecule has 0 fully saturated rings. The van der Waals surface area contributed by atoms with Gasteiger partial charge in [-0.1, -0.05) is 115 Å². The second-order valence-corrected chi connectivity index (χ2v) is 12.7. The lowest BCUT2D eigenvalue weighted by molar-refractivity contribution is 0.603. The number of hydrogen-bond acceptors (Lipinski definition) is 3. The van der Waals surface area contributed by atoms with Crippen LogP contribution in [0.25, 0.3) is 61.4 Å². The second kappa shape index (κ2) is 11.0. The van der Waals surface area contributed by atoms with Crippen molar-refractivity contribution in [1.82, 2.24) is 0 Å². The monoisotopic (exact) mass is 627 g/mol. The first kappa shape index (κ1) is 27.6. The average molecular weight is 628 g/mol. The molecule has 0 aliphatic heterocycles. The van der Waals surface area contributed by atoms with Crippen molar-refractivity contribution in [1.29, 1.82) is 0 Å². The topological polar surface area (TPSA) is 29.5 Å². The lowest BCUT2D eigenvalue weighted by Gasteiger charge is -2.26. The highest BCUT2D eigenvalue weighted by atomic mass is 16.3. The number of benzene rings is 6. The third-order valence-electron chi connectivity index (χ3n) is 9.86. The molecule has 2 aromatic heterocycles. The molecule has 49 heavy (non-hydrogen) atoms. The van der Waals surface area contributed by atoms with Gasteiger partial charge < -0.3 is 13.7 Å². The van der Waals surface area contributed by atoms with Crippen molar-refractivity contribution in [2.45, 2.75) is 12.3 Å². The molecule has 2 aliphatic carbocycles. The third-order valence-corrected chi connectivity index (χ3v) is 9.86. The van der Waals surface area contributed by atoms with Crippen LogP contribution in [0.4, 0.5) is 17.1 Å². The molecule has 6 aromatic carbocycles. The van der Waals surface area contributed by atoms with Gasteiger partial charge in [0.2, 0.25) is 0 Å². The first-order valence-electron chi connectivity index (χ1n) is 16.7. The summed E-state index contributed by atoms with van der Waals surface area (Å²) in [7, 11) is 0. The van der Waals surface area contributed by atoms with Crippen LogP contribution in [-0.2, 0) is 0 Å². The molecule has 0 radical (unpaired) electrons. The summed E-state index contributed by atoms with van der Waals surface area (Å²) in [6.07, 6.45) is 11.7. The van der Waals surface area contributed by atoms with Crippen molar-refractivity contribution < 1.29 is 8.83 Å². The van der Waals surface area contributed by atoms with Crippen molar-refractivity contribution in [2.75, 3.05) is 4.90 Å². The molecule has 230 valence electrons. The van der Waals surface area contributed by atoms with Gasteiger partial charge >= 0.3 is 0 Å². The number of allylic oxidation sites excluding steroid dienone is 4. The van der Waals surface area contributed by atoms with Gasteiger partial charge in [-0.25, -0.2) is 0 Å². The summed E-state index contributed by atoms with van der Waals surface area (Å²) < 4.78 is 13.0. The van der Waals surface area contributed by atoms with Gasteiger partial charge in [0.05, 0.1) is 5.69 Å². The Bertz CT molecular complexity index is 2760. The van der Waals surface area contributed by atoms with Gasteiger partial charge in [-0.15, -0.1) is 0 Å². The van der Waals surface area contributed by atoms with E-state index < -0.39 is 0 Å². The van der Waals surface area contributed by atoms with E-state index in [1.165, 1.54) is 16.7 Å². The minimum absolute atomic E-state index is 0.366. The Morgan fingerprint density at radius 3 is 2.33 bits per heavy atom. The maximum atomic E-state index is 6.85. The quantitative estimate of drug-likeness (QED) is 0.178. The fourth-order valence-corrected chi connectivity index (χ4v) is 7.46. The summed E-state index contributed by atoms with van der Waals surface area (Å²) >= 11 is 0. The molecule has 0 N–H and O–H groups in total. The zero-order chi connectivity index (χ0) is 32.3. The van der Waals surface area contributed by atoms with Crippen LogP contribution in [0.5, 0.6) is 0 Å². The smallest absolute Gasteiger partial charge is 0.159 e. The Morgan fingerprint density at radius 1 is 0.612 bits per heavy atom. The molecule has 10 rings (SSSR count). The van der Waals surface area contributed by atoms with Crippen LogP contribution in [0.3, 0.4) is 0 Å². The standard InChI is InChI=1S/C46H29NO2/c1-2-10-30(11-3-1)33-13-8-14-34(28-33)31-20-23-35(24-21-31)47(36-25-27-44-41(29-36)38-16-6-7-19-43(38)48-44)42-18-9-17-39-40-26-22-32-12-4-5-15-37(32)45(40)49-46(39)42/h1-5,8-12,14-29,33H,13H2. The molecular weight excluding hydrogens is 599 g/mol. The molecule has 8 aromatic rings. The van der Waals surface area contributed by atoms with E-state index in [-0.39, 0.29) is 0 Å². The molecule has 2 aliphatic rings. The number of furan rings is 2. The lowest BCUT2D eigenvalue weighted by atomic mass is 9.87. The predicted molar refractivity (Wildman–Crippen MR) is 203 cm³/mol. The van der Waals surface area contributed by atoms with Gasteiger partial charge in [0, 0.05) is 56.6 Å². The van der Waals surface area contributed by atoms with Crippen molar-refractivity contribution in [3.8, 4) is 0 Å². The van der Waals surface area contributed by atoms with Crippen LogP contribution in [0, 0.1) is 0 Å². The largest absolute Gasteiger partial charge is 0.455 e. The van der Waals surface area contributed by atoms with Crippen molar-refractivity contribution in [3.63, 3.8) is 0 Å². The lowest BCUT2D eigenvalue weighted by Crippen LogP contribution is -2.10. The van der Waals surface area contributed by atoms with E-state index in [1.54, 1.807) is 0 Å². The van der Waals surface area contributed by atoms with E-state index in [0.29, 0.717) is 5.92 Å². The zero-order valence-electron chi connectivity index (χ0n) is 26.6. The van der Waals surface area contributed by atoms with E-state index in [9.17, 15) is 0 Å². The van der Waals surface area contributed by atoms with Crippen LogP contribution in [0.2, 0.25) is 0 Å². The zero-order valence-corrected chi connectivity index (χ0v) is 26.6. The second-order valence-electron chi connectivity index (χ2n) is 12.7. The van der Waals surface area contributed by atoms with Gasteiger partial charge in [-0.2, -0.15) is 0 Å². The average Bonchev–Trinajstić information content (AvgIpc) is 3.75. The van der Waals surface area contributed by atoms with Gasteiger partial charge in [0.15, 0.2) is 5.58 Å². The Labute approximate surface area is 283 Å². The third kappa shape index (κ3) is 4.53. The van der Waals surface area contributed by atoms with Gasteiger partial charge in [0.1, 0.15) is 16.9 Å². The molecule has 0 saturated heterocycles. The summed E-state index contributed by atoms with van der Waals surface area (Å²) in [6.45, 7) is 0. The number of para-hydroxylation sites is 1. The Hall–Kier alpha value is -6.50. The molecule has 2 heterocycles. The summed E-state index contributed by atoms with van der Waals surface area (Å²) in [5.41, 5.74) is 16.5. The predicted octanol–water partition coefficient (Wildman–Crippen LogP) is 12.9. The van der Waals surface area contributed by atoms with Gasteiger partial charge in [-0.3, -0.25) is 0 Å². The van der Waals surface area contributed by atoms with Crippen molar-refractivity contribution >= 4 is 78.5 Å². The highest BCUT2D eigenvalue weighted by Gasteiger charge is 2.22. The van der Waals surface area contributed by atoms with Crippen molar-refractivity contribution in [2.24, 2.45) is 0 Å². The van der Waals surface area contributed by atoms with E-state index in [2.05, 4.69) is 162 Å². The van der Waals surface area contributed by atoms with E-state index >= 15 is 0 Å². The van der Waals surface area contributed by atoms with Crippen molar-refractivity contribution in [3.05, 3.63) is 180 Å². The highest BCUT2D eigenvalue weighted by Crippen LogP contribution is 2.45. The van der Waals surface area contributed by atoms with Crippen LogP contribution < -0.4 is 4.90 Å². The molecule has 0 amide bonds. The number of anilines is 3. The SMILES string of the molecule is C1=C=Cc2c(oc3ccc(N(c4ccc(C5=CC(c6ccccc6)CC=C5)cc4)c4cccc5c4oc4c6ccccc6ccc54)cc23)C=1. The maximum absolute atomic E-state index is 6.85. The molecule has 0 spiro atoms. The fourth-order valence-electron chi connectivity index (χ4n) is 7.46. The summed E-state index contributed by atoms with van der Waals surface area (Å²) in [5.74, 6) is 1.17. The number of rotatable bonds is 5. The number of nitrogens with zero attached hydrogens (tertiary/aromatic N) is 1. The van der Waals surface area contributed by atoms with E-state index in [0.717, 1.165) is 78.5 Å². The normalized spacial score (nSPS) is 15.0. The molecule has 3 nitrogen and oxygen atoms in total. The van der Waals surface area contributed by atoms with Gasteiger partial charge in [-0.05, 0) is 71.0 Å². The van der Waals surface area contributed by atoms with E-state index in [4.69, 9.17) is 8.83 Å². The molecule has 1 unspecified atom stereocenters. The minimum Gasteiger partial charge on any atom is -0.455 e. The summed E-state index contributed by atoms with van der Waals surface area (Å²) in [4.78, 5) is 2.30. The first-order valence-corrected chi connectivity index (χ1v) is 16.7. The molecule has 0 saturated carbocycles. The fraction of sp³-hybridized carbons (Fsp3) is 0.0435. The number of fused-ring (bicyclic) bond motifs is 8. The first-order chi connectivity index (χ1) is 24.3. The number of hydrogen-bond donors (Lipinski definition) is 0.